The Hall–Kier alpha value is -2.20. The molecule has 1 amide bonds. The maximum atomic E-state index is 12.5. The molecule has 1 aliphatic rings. The molecule has 2 aromatic carbocycles. The van der Waals surface area contributed by atoms with Crippen LogP contribution in [0.25, 0.3) is 0 Å². The Labute approximate surface area is 159 Å². The van der Waals surface area contributed by atoms with Crippen LogP contribution < -0.4 is 14.8 Å². The van der Waals surface area contributed by atoms with E-state index >= 15 is 0 Å². The first-order chi connectivity index (χ1) is 12.6. The van der Waals surface area contributed by atoms with E-state index in [1.165, 1.54) is 12.8 Å². The molecular weight excluding hydrogens is 350 g/mol. The van der Waals surface area contributed by atoms with Crippen LogP contribution in [0.1, 0.15) is 39.0 Å². The van der Waals surface area contributed by atoms with Gasteiger partial charge in [-0.05, 0) is 74.6 Å². The molecule has 1 saturated carbocycles. The quantitative estimate of drug-likeness (QED) is 0.701. The minimum atomic E-state index is -0.581. The van der Waals surface area contributed by atoms with Crippen molar-refractivity contribution in [3.63, 3.8) is 0 Å². The number of hydrogen-bond acceptors (Lipinski definition) is 3. The van der Waals surface area contributed by atoms with Crippen LogP contribution in [0.15, 0.2) is 48.5 Å². The Morgan fingerprint density at radius 3 is 2.54 bits per heavy atom. The Morgan fingerprint density at radius 1 is 1.15 bits per heavy atom. The van der Waals surface area contributed by atoms with Crippen LogP contribution in [0.2, 0.25) is 5.02 Å². The highest BCUT2D eigenvalue weighted by atomic mass is 35.5. The Balaban J connectivity index is 1.56. The van der Waals surface area contributed by atoms with Gasteiger partial charge in [-0.25, -0.2) is 0 Å². The molecule has 0 aliphatic heterocycles. The lowest BCUT2D eigenvalue weighted by Gasteiger charge is -2.18. The molecule has 1 atom stereocenters. The van der Waals surface area contributed by atoms with Crippen molar-refractivity contribution in [3.8, 4) is 11.5 Å². The highest BCUT2D eigenvalue weighted by Gasteiger charge is 2.19. The number of amides is 1. The molecule has 0 radical (unpaired) electrons. The number of benzene rings is 2. The number of carbonyl (C=O) groups excluding carboxylic acids is 1. The van der Waals surface area contributed by atoms with Gasteiger partial charge in [-0.3, -0.25) is 4.79 Å². The maximum absolute atomic E-state index is 12.5. The number of carbonyl (C=O) groups is 1. The lowest BCUT2D eigenvalue weighted by molar-refractivity contribution is -0.122. The molecule has 1 aliphatic carbocycles. The topological polar surface area (TPSA) is 47.6 Å². The predicted molar refractivity (Wildman–Crippen MR) is 104 cm³/mol. The van der Waals surface area contributed by atoms with Crippen LogP contribution in [-0.4, -0.2) is 18.1 Å². The standard InChI is InChI=1S/C21H24ClNO3/c1-2-20(26-19-9-5-6-15(22)14-19)21(24)23-16-10-12-18(13-11-16)25-17-7-3-4-8-17/h5-6,9-14,17,20H,2-4,7-8H2,1H3,(H,23,24)/t20-/m1/s1. The molecule has 0 heterocycles. The van der Waals surface area contributed by atoms with Gasteiger partial charge in [0.1, 0.15) is 11.5 Å². The minimum Gasteiger partial charge on any atom is -0.490 e. The van der Waals surface area contributed by atoms with Crippen molar-refractivity contribution in [2.75, 3.05) is 5.32 Å². The molecule has 0 aromatic heterocycles. The van der Waals surface area contributed by atoms with E-state index in [0.717, 1.165) is 24.3 Å². The average molecular weight is 374 g/mol. The zero-order valence-corrected chi connectivity index (χ0v) is 15.7. The second-order valence-corrected chi connectivity index (χ2v) is 6.95. The van der Waals surface area contributed by atoms with Crippen molar-refractivity contribution < 1.29 is 14.3 Å². The minimum absolute atomic E-state index is 0.183. The zero-order valence-electron chi connectivity index (χ0n) is 14.9. The number of halogens is 1. The maximum Gasteiger partial charge on any atom is 0.265 e. The molecule has 1 fully saturated rings. The lowest BCUT2D eigenvalue weighted by Crippen LogP contribution is -2.32. The summed E-state index contributed by atoms with van der Waals surface area (Å²) >= 11 is 5.96. The molecule has 5 heteroatoms. The van der Waals surface area contributed by atoms with E-state index < -0.39 is 6.10 Å². The summed E-state index contributed by atoms with van der Waals surface area (Å²) in [6.07, 6.45) is 5.03. The summed E-state index contributed by atoms with van der Waals surface area (Å²) < 4.78 is 11.7. The molecule has 0 bridgehead atoms. The molecule has 3 rings (SSSR count). The fourth-order valence-corrected chi connectivity index (χ4v) is 3.25. The summed E-state index contributed by atoms with van der Waals surface area (Å²) in [6, 6.07) is 14.6. The van der Waals surface area contributed by atoms with Crippen LogP contribution in [0.4, 0.5) is 5.69 Å². The molecule has 0 saturated heterocycles. The Kier molecular flexibility index (Phi) is 6.40. The van der Waals surface area contributed by atoms with E-state index in [2.05, 4.69) is 5.32 Å². The smallest absolute Gasteiger partial charge is 0.265 e. The molecule has 4 nitrogen and oxygen atoms in total. The fraction of sp³-hybridized carbons (Fsp3) is 0.381. The van der Waals surface area contributed by atoms with Gasteiger partial charge in [0, 0.05) is 10.7 Å². The first-order valence-corrected chi connectivity index (χ1v) is 9.51. The van der Waals surface area contributed by atoms with E-state index in [0.29, 0.717) is 23.3 Å². The molecular formula is C21H24ClNO3. The van der Waals surface area contributed by atoms with Crippen LogP contribution in [0, 0.1) is 0 Å². The third-order valence-electron chi connectivity index (χ3n) is 4.46. The second-order valence-electron chi connectivity index (χ2n) is 6.51. The van der Waals surface area contributed by atoms with Gasteiger partial charge in [0.05, 0.1) is 6.10 Å². The van der Waals surface area contributed by atoms with Gasteiger partial charge in [-0.1, -0.05) is 24.6 Å². The number of anilines is 1. The van der Waals surface area contributed by atoms with Gasteiger partial charge >= 0.3 is 0 Å². The molecule has 0 spiro atoms. The highest BCUT2D eigenvalue weighted by molar-refractivity contribution is 6.30. The monoisotopic (exact) mass is 373 g/mol. The van der Waals surface area contributed by atoms with Gasteiger partial charge in [0.2, 0.25) is 0 Å². The fourth-order valence-electron chi connectivity index (χ4n) is 3.07. The number of hydrogen-bond donors (Lipinski definition) is 1. The molecule has 26 heavy (non-hydrogen) atoms. The van der Waals surface area contributed by atoms with Crippen molar-refractivity contribution in [3.05, 3.63) is 53.6 Å². The van der Waals surface area contributed by atoms with E-state index in [9.17, 15) is 4.79 Å². The van der Waals surface area contributed by atoms with Gasteiger partial charge in [-0.15, -0.1) is 0 Å². The highest BCUT2D eigenvalue weighted by Crippen LogP contribution is 2.25. The molecule has 0 unspecified atom stereocenters. The number of nitrogens with one attached hydrogen (secondary N) is 1. The summed E-state index contributed by atoms with van der Waals surface area (Å²) in [5, 5.41) is 3.48. The normalized spacial score (nSPS) is 15.5. The molecule has 1 N–H and O–H groups in total. The summed E-state index contributed by atoms with van der Waals surface area (Å²) in [6.45, 7) is 1.91. The van der Waals surface area contributed by atoms with Crippen LogP contribution in [-0.2, 0) is 4.79 Å². The van der Waals surface area contributed by atoms with E-state index in [4.69, 9.17) is 21.1 Å². The summed E-state index contributed by atoms with van der Waals surface area (Å²) in [5.41, 5.74) is 0.724. The Morgan fingerprint density at radius 2 is 1.88 bits per heavy atom. The van der Waals surface area contributed by atoms with Crippen molar-refractivity contribution in [1.29, 1.82) is 0 Å². The van der Waals surface area contributed by atoms with Gasteiger partial charge < -0.3 is 14.8 Å². The second kappa shape index (κ2) is 8.95. The van der Waals surface area contributed by atoms with Gasteiger partial charge in [0.25, 0.3) is 5.91 Å². The number of rotatable bonds is 7. The first kappa shape index (κ1) is 18.6. The third kappa shape index (κ3) is 5.15. The summed E-state index contributed by atoms with van der Waals surface area (Å²) in [5.74, 6) is 1.24. The van der Waals surface area contributed by atoms with Crippen LogP contribution in [0.3, 0.4) is 0 Å². The third-order valence-corrected chi connectivity index (χ3v) is 4.70. The van der Waals surface area contributed by atoms with E-state index in [-0.39, 0.29) is 5.91 Å². The van der Waals surface area contributed by atoms with Crippen LogP contribution in [0.5, 0.6) is 11.5 Å². The number of ether oxygens (including phenoxy) is 2. The van der Waals surface area contributed by atoms with Crippen LogP contribution >= 0.6 is 11.6 Å². The summed E-state index contributed by atoms with van der Waals surface area (Å²) in [4.78, 5) is 12.5. The van der Waals surface area contributed by atoms with Gasteiger partial charge in [0.15, 0.2) is 6.10 Å². The van der Waals surface area contributed by atoms with Crippen molar-refractivity contribution in [2.24, 2.45) is 0 Å². The van der Waals surface area contributed by atoms with Crippen molar-refractivity contribution in [2.45, 2.75) is 51.2 Å². The van der Waals surface area contributed by atoms with Crippen molar-refractivity contribution >= 4 is 23.2 Å². The Bertz CT molecular complexity index is 726. The van der Waals surface area contributed by atoms with Gasteiger partial charge in [-0.2, -0.15) is 0 Å². The molecule has 2 aromatic rings. The van der Waals surface area contributed by atoms with E-state index in [1.807, 2.05) is 31.2 Å². The predicted octanol–water partition coefficient (Wildman–Crippen LogP) is 5.46. The van der Waals surface area contributed by atoms with E-state index in [1.54, 1.807) is 24.3 Å². The average Bonchev–Trinajstić information content (AvgIpc) is 3.14. The first-order valence-electron chi connectivity index (χ1n) is 9.14. The zero-order chi connectivity index (χ0) is 18.4. The van der Waals surface area contributed by atoms with Crippen molar-refractivity contribution in [1.82, 2.24) is 0 Å². The lowest BCUT2D eigenvalue weighted by atomic mass is 10.2. The summed E-state index contributed by atoms with van der Waals surface area (Å²) in [7, 11) is 0. The molecule has 138 valence electrons. The largest absolute Gasteiger partial charge is 0.490 e. The SMILES string of the molecule is CC[C@@H](Oc1cccc(Cl)c1)C(=O)Nc1ccc(OC2CCCC2)cc1.